The first kappa shape index (κ1) is 20.7. The van der Waals surface area contributed by atoms with Gasteiger partial charge in [-0.3, -0.25) is 9.59 Å². The molecular formula is C20H30ClN3O2. The van der Waals surface area contributed by atoms with Crippen LogP contribution in [0, 0.1) is 17.8 Å². The van der Waals surface area contributed by atoms with E-state index < -0.39 is 0 Å². The number of carbonyl (C=O) groups is 2. The van der Waals surface area contributed by atoms with E-state index in [1.165, 1.54) is 0 Å². The highest BCUT2D eigenvalue weighted by Crippen LogP contribution is 2.37. The van der Waals surface area contributed by atoms with Gasteiger partial charge in [0.25, 0.3) is 5.91 Å². The van der Waals surface area contributed by atoms with Crippen molar-refractivity contribution in [1.82, 2.24) is 9.80 Å². The van der Waals surface area contributed by atoms with Gasteiger partial charge in [-0.05, 0) is 42.4 Å². The number of fused-ring (bicyclic) bond motifs is 1. The van der Waals surface area contributed by atoms with Crippen LogP contribution in [0.1, 0.15) is 42.6 Å². The minimum atomic E-state index is -0.00756. The Morgan fingerprint density at radius 1 is 1.19 bits per heavy atom. The van der Waals surface area contributed by atoms with Crippen LogP contribution in [0.4, 0.5) is 0 Å². The Morgan fingerprint density at radius 3 is 2.42 bits per heavy atom. The molecule has 26 heavy (non-hydrogen) atoms. The molecule has 1 aromatic carbocycles. The molecule has 2 fully saturated rings. The normalized spacial score (nSPS) is 24.3. The van der Waals surface area contributed by atoms with E-state index in [1.54, 1.807) is 4.90 Å². The predicted molar refractivity (Wildman–Crippen MR) is 105 cm³/mol. The zero-order chi connectivity index (χ0) is 18.1. The van der Waals surface area contributed by atoms with Crippen molar-refractivity contribution in [3.63, 3.8) is 0 Å². The molecule has 0 aromatic heterocycles. The maximum Gasteiger partial charge on any atom is 0.253 e. The van der Waals surface area contributed by atoms with Crippen molar-refractivity contribution in [2.75, 3.05) is 20.1 Å². The minimum Gasteiger partial charge on any atom is -0.341 e. The van der Waals surface area contributed by atoms with E-state index >= 15 is 0 Å². The molecule has 5 nitrogen and oxygen atoms in total. The molecule has 1 saturated heterocycles. The predicted octanol–water partition coefficient (Wildman–Crippen LogP) is 2.53. The summed E-state index contributed by atoms with van der Waals surface area (Å²) in [4.78, 5) is 28.4. The molecule has 6 heteroatoms. The summed E-state index contributed by atoms with van der Waals surface area (Å²) in [5.74, 6) is 1.26. The van der Waals surface area contributed by atoms with Crippen LogP contribution in [-0.2, 0) is 11.3 Å². The first-order valence-electron chi connectivity index (χ1n) is 9.25. The topological polar surface area (TPSA) is 66.6 Å². The fraction of sp³-hybridized carbons (Fsp3) is 0.600. The summed E-state index contributed by atoms with van der Waals surface area (Å²) in [6.07, 6.45) is 2.24. The van der Waals surface area contributed by atoms with E-state index in [2.05, 4.69) is 0 Å². The quantitative estimate of drug-likeness (QED) is 0.874. The number of likely N-dealkylation sites (tertiary alicyclic amines) is 1. The molecule has 3 unspecified atom stereocenters. The van der Waals surface area contributed by atoms with Crippen LogP contribution in [0.15, 0.2) is 24.3 Å². The first-order chi connectivity index (χ1) is 11.9. The van der Waals surface area contributed by atoms with E-state index in [9.17, 15) is 9.59 Å². The van der Waals surface area contributed by atoms with Crippen molar-refractivity contribution < 1.29 is 9.59 Å². The maximum atomic E-state index is 12.7. The summed E-state index contributed by atoms with van der Waals surface area (Å²) in [5, 5.41) is 0. The van der Waals surface area contributed by atoms with Gasteiger partial charge < -0.3 is 15.5 Å². The van der Waals surface area contributed by atoms with E-state index in [4.69, 9.17) is 5.73 Å². The average Bonchev–Trinajstić information content (AvgIpc) is 3.16. The van der Waals surface area contributed by atoms with Crippen molar-refractivity contribution in [2.45, 2.75) is 39.3 Å². The smallest absolute Gasteiger partial charge is 0.253 e. The Bertz CT molecular complexity index is 647. The Kier molecular flexibility index (Phi) is 6.69. The molecule has 1 aromatic rings. The SMILES string of the molecule is CC(C)C(=O)N(C)Cc1ccc(C(=O)N2CC3CCC(N)C3C2)cc1.Cl. The molecule has 0 bridgehead atoms. The lowest BCUT2D eigenvalue weighted by atomic mass is 9.98. The molecule has 1 saturated carbocycles. The lowest BCUT2D eigenvalue weighted by Crippen LogP contribution is -2.33. The molecule has 1 aliphatic carbocycles. The number of benzene rings is 1. The lowest BCUT2D eigenvalue weighted by molar-refractivity contribution is -0.133. The number of amides is 2. The van der Waals surface area contributed by atoms with E-state index in [1.807, 2.05) is 50.1 Å². The number of nitrogens with zero attached hydrogens (tertiary/aromatic N) is 2. The summed E-state index contributed by atoms with van der Waals surface area (Å²) in [7, 11) is 1.81. The molecule has 0 spiro atoms. The van der Waals surface area contributed by atoms with Crippen LogP contribution in [-0.4, -0.2) is 47.8 Å². The highest BCUT2D eigenvalue weighted by molar-refractivity contribution is 5.94. The van der Waals surface area contributed by atoms with Crippen LogP contribution >= 0.6 is 12.4 Å². The average molecular weight is 380 g/mol. The van der Waals surface area contributed by atoms with Crippen molar-refractivity contribution in [3.05, 3.63) is 35.4 Å². The summed E-state index contributed by atoms with van der Waals surface area (Å²) in [6, 6.07) is 7.89. The van der Waals surface area contributed by atoms with Gasteiger partial charge in [-0.1, -0.05) is 26.0 Å². The van der Waals surface area contributed by atoms with E-state index in [0.717, 1.165) is 37.1 Å². The van der Waals surface area contributed by atoms with Gasteiger partial charge in [0, 0.05) is 44.2 Å². The number of carbonyl (C=O) groups excluding carboxylic acids is 2. The Balaban J connectivity index is 0.00000243. The summed E-state index contributed by atoms with van der Waals surface area (Å²) in [5.41, 5.74) is 7.92. The van der Waals surface area contributed by atoms with Gasteiger partial charge in [-0.2, -0.15) is 0 Å². The third-order valence-electron chi connectivity index (χ3n) is 5.69. The molecular weight excluding hydrogens is 350 g/mol. The third-order valence-corrected chi connectivity index (χ3v) is 5.69. The molecule has 1 aliphatic heterocycles. The van der Waals surface area contributed by atoms with Gasteiger partial charge in [-0.25, -0.2) is 0 Å². The van der Waals surface area contributed by atoms with Gasteiger partial charge >= 0.3 is 0 Å². The van der Waals surface area contributed by atoms with Crippen LogP contribution in [0.25, 0.3) is 0 Å². The zero-order valence-corrected chi connectivity index (χ0v) is 16.7. The molecule has 3 atom stereocenters. The summed E-state index contributed by atoms with van der Waals surface area (Å²) in [6.45, 7) is 5.99. The van der Waals surface area contributed by atoms with E-state index in [0.29, 0.717) is 18.4 Å². The second kappa shape index (κ2) is 8.40. The maximum absolute atomic E-state index is 12.7. The third kappa shape index (κ3) is 4.21. The molecule has 2 N–H and O–H groups in total. The van der Waals surface area contributed by atoms with Crippen molar-refractivity contribution in [2.24, 2.45) is 23.5 Å². The summed E-state index contributed by atoms with van der Waals surface area (Å²) < 4.78 is 0. The standard InChI is InChI=1S/C20H29N3O2.ClH/c1-13(2)19(24)22(3)10-14-4-6-15(7-5-14)20(25)23-11-16-8-9-18(21)17(16)12-23;/h4-7,13,16-18H,8-12,21H2,1-3H3;1H. The number of nitrogens with two attached hydrogens (primary N) is 1. The number of rotatable bonds is 4. The highest BCUT2D eigenvalue weighted by Gasteiger charge is 2.42. The van der Waals surface area contributed by atoms with Gasteiger partial charge in [0.2, 0.25) is 5.91 Å². The van der Waals surface area contributed by atoms with Crippen LogP contribution in [0.2, 0.25) is 0 Å². The van der Waals surface area contributed by atoms with Gasteiger partial charge in [-0.15, -0.1) is 12.4 Å². The van der Waals surface area contributed by atoms with Crippen molar-refractivity contribution in [1.29, 1.82) is 0 Å². The van der Waals surface area contributed by atoms with Crippen molar-refractivity contribution in [3.8, 4) is 0 Å². The number of halogens is 1. The largest absolute Gasteiger partial charge is 0.341 e. The zero-order valence-electron chi connectivity index (χ0n) is 15.9. The molecule has 144 valence electrons. The van der Waals surface area contributed by atoms with Crippen LogP contribution in [0.3, 0.4) is 0 Å². The molecule has 3 rings (SSSR count). The fourth-order valence-electron chi connectivity index (χ4n) is 4.20. The number of hydrogen-bond acceptors (Lipinski definition) is 3. The van der Waals surface area contributed by atoms with Crippen LogP contribution in [0.5, 0.6) is 0 Å². The second-order valence-corrected chi connectivity index (χ2v) is 7.92. The van der Waals surface area contributed by atoms with Crippen molar-refractivity contribution >= 4 is 24.2 Å². The molecule has 2 amide bonds. The Morgan fingerprint density at radius 2 is 1.85 bits per heavy atom. The highest BCUT2D eigenvalue weighted by atomic mass is 35.5. The first-order valence-corrected chi connectivity index (χ1v) is 9.25. The van der Waals surface area contributed by atoms with E-state index in [-0.39, 0.29) is 36.2 Å². The number of hydrogen-bond donors (Lipinski definition) is 1. The molecule has 2 aliphatic rings. The van der Waals surface area contributed by atoms with Crippen LogP contribution < -0.4 is 5.73 Å². The van der Waals surface area contributed by atoms with Gasteiger partial charge in [0.05, 0.1) is 0 Å². The minimum absolute atomic E-state index is 0. The molecule has 1 heterocycles. The van der Waals surface area contributed by atoms with Gasteiger partial charge in [0.15, 0.2) is 0 Å². The fourth-order valence-corrected chi connectivity index (χ4v) is 4.20. The lowest BCUT2D eigenvalue weighted by Gasteiger charge is -2.20. The second-order valence-electron chi connectivity index (χ2n) is 7.92. The summed E-state index contributed by atoms with van der Waals surface area (Å²) >= 11 is 0. The monoisotopic (exact) mass is 379 g/mol. The Hall–Kier alpha value is -1.59. The van der Waals surface area contributed by atoms with Gasteiger partial charge in [0.1, 0.15) is 0 Å². The Labute approximate surface area is 162 Å². The molecule has 0 radical (unpaired) electrons.